The van der Waals surface area contributed by atoms with Gasteiger partial charge in [-0.1, -0.05) is 0 Å². The fourth-order valence-corrected chi connectivity index (χ4v) is 3.99. The van der Waals surface area contributed by atoms with Crippen LogP contribution < -0.4 is 4.90 Å². The van der Waals surface area contributed by atoms with E-state index in [0.717, 1.165) is 12.1 Å². The number of alkyl halides is 3. The Morgan fingerprint density at radius 1 is 1.25 bits per heavy atom. The molecule has 0 amide bonds. The number of hydrogen-bond acceptors (Lipinski definition) is 7. The first kappa shape index (κ1) is 18.5. The van der Waals surface area contributed by atoms with E-state index in [-0.39, 0.29) is 17.3 Å². The maximum atomic E-state index is 13.2. The number of anilines is 1. The first-order valence-electron chi connectivity index (χ1n) is 8.46. The van der Waals surface area contributed by atoms with Gasteiger partial charge in [0.15, 0.2) is 22.9 Å². The topological polar surface area (TPSA) is 76.8 Å². The van der Waals surface area contributed by atoms with Crippen molar-refractivity contribution in [1.29, 1.82) is 0 Å². The highest BCUT2D eigenvalue weighted by Gasteiger charge is 2.34. The van der Waals surface area contributed by atoms with Gasteiger partial charge in [-0.15, -0.1) is 10.2 Å². The van der Waals surface area contributed by atoms with Crippen LogP contribution in [0.4, 0.5) is 18.9 Å². The summed E-state index contributed by atoms with van der Waals surface area (Å²) in [5, 5.41) is 9.07. The van der Waals surface area contributed by atoms with Crippen LogP contribution in [0.2, 0.25) is 0 Å². The average Bonchev–Trinajstić information content (AvgIpc) is 3.27. The van der Waals surface area contributed by atoms with Crippen LogP contribution >= 0.6 is 11.5 Å². The lowest BCUT2D eigenvalue weighted by Gasteiger charge is -2.36. The molecule has 1 aliphatic rings. The van der Waals surface area contributed by atoms with E-state index in [0.29, 0.717) is 41.9 Å². The van der Waals surface area contributed by atoms with Gasteiger partial charge >= 0.3 is 6.18 Å². The normalized spacial score (nSPS) is 16.9. The quantitative estimate of drug-likeness (QED) is 0.618. The smallest absolute Gasteiger partial charge is 0.359 e. The number of hydrogen-bond donors (Lipinski definition) is 0. The maximum Gasteiger partial charge on any atom is 0.416 e. The molecule has 3 aromatic rings. The Kier molecular flexibility index (Phi) is 4.41. The van der Waals surface area contributed by atoms with Gasteiger partial charge in [-0.3, -0.25) is 4.79 Å². The zero-order chi connectivity index (χ0) is 20.1. The van der Waals surface area contributed by atoms with Crippen molar-refractivity contribution >= 4 is 23.5 Å². The minimum absolute atomic E-state index is 0.202. The zero-order valence-corrected chi connectivity index (χ0v) is 15.8. The average molecular weight is 408 g/mol. The zero-order valence-electron chi connectivity index (χ0n) is 14.9. The highest BCUT2D eigenvalue weighted by Crippen LogP contribution is 2.37. The summed E-state index contributed by atoms with van der Waals surface area (Å²) in [5.74, 6) is 1.83. The Balaban J connectivity index is 1.74. The Bertz CT molecular complexity index is 1040. The van der Waals surface area contributed by atoms with Crippen molar-refractivity contribution in [2.75, 3.05) is 11.4 Å². The van der Waals surface area contributed by atoms with Gasteiger partial charge in [0.2, 0.25) is 0 Å². The minimum Gasteiger partial charge on any atom is -0.359 e. The van der Waals surface area contributed by atoms with Crippen LogP contribution in [-0.2, 0) is 12.7 Å². The van der Waals surface area contributed by atoms with Gasteiger partial charge in [-0.05, 0) is 43.6 Å². The van der Waals surface area contributed by atoms with Crippen molar-refractivity contribution in [2.24, 2.45) is 0 Å². The molecule has 7 nitrogen and oxygen atoms in total. The molecular formula is C17H15F3N6OS. The molecule has 0 unspecified atom stereocenters. The molecular weight excluding hydrogens is 393 g/mol. The number of fused-ring (bicyclic) bond motifs is 1. The number of benzene rings is 1. The Labute approximate surface area is 162 Å². The fraction of sp³-hybridized carbons (Fsp3) is 0.353. The summed E-state index contributed by atoms with van der Waals surface area (Å²) < 4.78 is 45.5. The monoisotopic (exact) mass is 408 g/mol. The molecule has 0 bridgehead atoms. The van der Waals surface area contributed by atoms with E-state index in [1.54, 1.807) is 11.8 Å². The van der Waals surface area contributed by atoms with E-state index in [1.807, 2.05) is 11.5 Å². The summed E-state index contributed by atoms with van der Waals surface area (Å²) in [6.07, 6.45) is -3.92. The van der Waals surface area contributed by atoms with Crippen molar-refractivity contribution in [3.8, 4) is 10.8 Å². The first-order valence-corrected chi connectivity index (χ1v) is 9.23. The largest absolute Gasteiger partial charge is 0.416 e. The van der Waals surface area contributed by atoms with E-state index in [1.165, 1.54) is 17.6 Å². The van der Waals surface area contributed by atoms with E-state index >= 15 is 0 Å². The lowest BCUT2D eigenvalue weighted by molar-refractivity contribution is -0.137. The molecule has 1 atom stereocenters. The number of carbonyl (C=O) groups is 1. The SMILES string of the molecule is Cc1nsc(-c2nnc3n2CCN(c2cc(C(F)(F)F)ccc2C=O)[C@@H]3C)n1. The molecule has 2 aromatic heterocycles. The van der Waals surface area contributed by atoms with E-state index < -0.39 is 11.7 Å². The van der Waals surface area contributed by atoms with Gasteiger partial charge < -0.3 is 9.47 Å². The summed E-state index contributed by atoms with van der Waals surface area (Å²) in [6.45, 7) is 4.46. The molecule has 11 heteroatoms. The third kappa shape index (κ3) is 3.05. The second kappa shape index (κ2) is 6.66. The van der Waals surface area contributed by atoms with Crippen LogP contribution in [0.3, 0.4) is 0 Å². The number of nitrogens with zero attached hydrogens (tertiary/aromatic N) is 6. The third-order valence-corrected chi connectivity index (χ3v) is 5.50. The van der Waals surface area contributed by atoms with Crippen molar-refractivity contribution in [3.05, 3.63) is 41.0 Å². The molecule has 1 aromatic carbocycles. The number of aldehydes is 1. The van der Waals surface area contributed by atoms with Crippen molar-refractivity contribution in [2.45, 2.75) is 32.6 Å². The van der Waals surface area contributed by atoms with Gasteiger partial charge in [0, 0.05) is 24.3 Å². The molecule has 146 valence electrons. The van der Waals surface area contributed by atoms with E-state index in [9.17, 15) is 18.0 Å². The fourth-order valence-electron chi connectivity index (χ4n) is 3.33. The molecule has 3 heterocycles. The van der Waals surface area contributed by atoms with Gasteiger partial charge in [-0.2, -0.15) is 17.5 Å². The van der Waals surface area contributed by atoms with Crippen LogP contribution in [0.25, 0.3) is 10.8 Å². The van der Waals surface area contributed by atoms with Crippen LogP contribution in [-0.4, -0.2) is 37.0 Å². The Morgan fingerprint density at radius 3 is 2.68 bits per heavy atom. The third-order valence-electron chi connectivity index (χ3n) is 4.70. The number of aryl methyl sites for hydroxylation is 1. The van der Waals surface area contributed by atoms with Crippen LogP contribution in [0.1, 0.15) is 40.5 Å². The van der Waals surface area contributed by atoms with E-state index in [2.05, 4.69) is 19.6 Å². The van der Waals surface area contributed by atoms with Crippen molar-refractivity contribution < 1.29 is 18.0 Å². The lowest BCUT2D eigenvalue weighted by Crippen LogP contribution is -2.38. The summed E-state index contributed by atoms with van der Waals surface area (Å²) in [4.78, 5) is 17.5. The molecule has 28 heavy (non-hydrogen) atoms. The molecule has 0 aliphatic carbocycles. The summed E-state index contributed by atoms with van der Waals surface area (Å²) >= 11 is 1.22. The van der Waals surface area contributed by atoms with Crippen molar-refractivity contribution in [1.82, 2.24) is 24.1 Å². The molecule has 1 aliphatic heterocycles. The molecule has 0 spiro atoms. The van der Waals surface area contributed by atoms with Gasteiger partial charge in [0.25, 0.3) is 0 Å². The van der Waals surface area contributed by atoms with Gasteiger partial charge in [0.1, 0.15) is 5.82 Å². The molecule has 0 radical (unpaired) electrons. The number of rotatable bonds is 3. The highest BCUT2D eigenvalue weighted by atomic mass is 32.1. The molecule has 0 N–H and O–H groups in total. The lowest BCUT2D eigenvalue weighted by atomic mass is 10.1. The number of carbonyl (C=O) groups excluding carboxylic acids is 1. The standard InChI is InChI=1S/C17H15F3N6OS/c1-9-14-22-23-15(16-21-10(2)24-28-16)26(14)6-5-25(9)13-7-12(17(18,19)20)4-3-11(13)8-27/h3-4,7-9H,5-6H2,1-2H3/t9-/m1/s1. The summed E-state index contributed by atoms with van der Waals surface area (Å²) in [7, 11) is 0. The second-order valence-electron chi connectivity index (χ2n) is 6.44. The Hall–Kier alpha value is -2.82. The first-order chi connectivity index (χ1) is 13.3. The van der Waals surface area contributed by atoms with Crippen LogP contribution in [0.15, 0.2) is 18.2 Å². The maximum absolute atomic E-state index is 13.2. The predicted molar refractivity (Wildman–Crippen MR) is 96.3 cm³/mol. The molecule has 4 rings (SSSR count). The predicted octanol–water partition coefficient (Wildman–Crippen LogP) is 3.52. The molecule has 0 saturated heterocycles. The summed E-state index contributed by atoms with van der Waals surface area (Å²) in [5.41, 5.74) is -0.356. The summed E-state index contributed by atoms with van der Waals surface area (Å²) in [6, 6.07) is 2.76. The second-order valence-corrected chi connectivity index (χ2v) is 7.19. The highest BCUT2D eigenvalue weighted by molar-refractivity contribution is 7.09. The van der Waals surface area contributed by atoms with Crippen molar-refractivity contribution in [3.63, 3.8) is 0 Å². The van der Waals surface area contributed by atoms with Crippen LogP contribution in [0, 0.1) is 6.92 Å². The Morgan fingerprint density at radius 2 is 2.04 bits per heavy atom. The molecule has 0 fully saturated rings. The van der Waals surface area contributed by atoms with Gasteiger partial charge in [0.05, 0.1) is 11.6 Å². The number of halogens is 3. The minimum atomic E-state index is -4.49. The number of aromatic nitrogens is 5. The van der Waals surface area contributed by atoms with E-state index in [4.69, 9.17) is 0 Å². The van der Waals surface area contributed by atoms with Crippen LogP contribution in [0.5, 0.6) is 0 Å². The molecule has 0 saturated carbocycles. The van der Waals surface area contributed by atoms with Gasteiger partial charge in [-0.25, -0.2) is 4.98 Å².